The molecule has 10 rings (SSSR count). The van der Waals surface area contributed by atoms with Crippen LogP contribution in [0.4, 0.5) is 17.1 Å². The molecular formula is C46H30N2S. The molecule has 0 amide bonds. The maximum Gasteiger partial charge on any atom is 0.0560 e. The van der Waals surface area contributed by atoms with Gasteiger partial charge in [-0.15, -0.1) is 11.3 Å². The van der Waals surface area contributed by atoms with Crippen molar-refractivity contribution in [1.29, 1.82) is 0 Å². The highest BCUT2D eigenvalue weighted by Gasteiger charge is 2.20. The summed E-state index contributed by atoms with van der Waals surface area (Å²) in [5, 5.41) is 7.50. The summed E-state index contributed by atoms with van der Waals surface area (Å²) in [4.78, 5) is 2.46. The van der Waals surface area contributed by atoms with Gasteiger partial charge < -0.3 is 9.47 Å². The van der Waals surface area contributed by atoms with E-state index < -0.39 is 0 Å². The smallest absolute Gasteiger partial charge is 0.0560 e. The first-order valence-corrected chi connectivity index (χ1v) is 17.5. The lowest BCUT2D eigenvalue weighted by atomic mass is 10.0. The Morgan fingerprint density at radius 2 is 1.00 bits per heavy atom. The maximum atomic E-state index is 2.46. The van der Waals surface area contributed by atoms with E-state index in [0.29, 0.717) is 0 Å². The molecule has 0 saturated carbocycles. The van der Waals surface area contributed by atoms with Gasteiger partial charge in [0.15, 0.2) is 0 Å². The highest BCUT2D eigenvalue weighted by atomic mass is 32.1. The SMILES string of the molecule is c1ccc(-c2cccc(N(c3ccc4sc5ccccc5c4c3)c3cc(-n4c5ccccc5c5ccccc54)cc4ccccc34)c2)cc1. The zero-order chi connectivity index (χ0) is 32.3. The van der Waals surface area contributed by atoms with Crippen molar-refractivity contribution < 1.29 is 0 Å². The number of rotatable bonds is 5. The van der Waals surface area contributed by atoms with Crippen molar-refractivity contribution >= 4 is 81.1 Å². The molecule has 0 fully saturated rings. The number of hydrogen-bond donors (Lipinski definition) is 0. The minimum Gasteiger partial charge on any atom is -0.310 e. The van der Waals surface area contributed by atoms with Gasteiger partial charge in [0, 0.05) is 53.4 Å². The van der Waals surface area contributed by atoms with E-state index in [1.54, 1.807) is 0 Å². The van der Waals surface area contributed by atoms with Gasteiger partial charge in [-0.1, -0.05) is 121 Å². The van der Waals surface area contributed by atoms with Crippen molar-refractivity contribution in [2.45, 2.75) is 0 Å². The van der Waals surface area contributed by atoms with E-state index in [1.165, 1.54) is 63.9 Å². The number of aromatic nitrogens is 1. The van der Waals surface area contributed by atoms with Crippen LogP contribution in [0.2, 0.25) is 0 Å². The average molecular weight is 643 g/mol. The van der Waals surface area contributed by atoms with Crippen LogP contribution in [-0.2, 0) is 0 Å². The Bertz CT molecular complexity index is 2790. The molecule has 10 aromatic rings. The number of para-hydroxylation sites is 2. The van der Waals surface area contributed by atoms with Crippen LogP contribution in [-0.4, -0.2) is 4.57 Å². The fraction of sp³-hybridized carbons (Fsp3) is 0. The van der Waals surface area contributed by atoms with Gasteiger partial charge in [-0.05, 0) is 77.2 Å². The third-order valence-corrected chi connectivity index (χ3v) is 10.9. The molecule has 0 radical (unpaired) electrons. The predicted molar refractivity (Wildman–Crippen MR) is 211 cm³/mol. The largest absolute Gasteiger partial charge is 0.310 e. The topological polar surface area (TPSA) is 8.17 Å². The van der Waals surface area contributed by atoms with Gasteiger partial charge in [0.25, 0.3) is 0 Å². The van der Waals surface area contributed by atoms with E-state index in [-0.39, 0.29) is 0 Å². The molecule has 2 aromatic heterocycles. The normalized spacial score (nSPS) is 11.7. The number of hydrogen-bond acceptors (Lipinski definition) is 2. The Balaban J connectivity index is 1.28. The molecule has 2 nitrogen and oxygen atoms in total. The molecular weight excluding hydrogens is 613 g/mol. The first-order chi connectivity index (χ1) is 24.3. The van der Waals surface area contributed by atoms with E-state index in [0.717, 1.165) is 22.7 Å². The summed E-state index contributed by atoms with van der Waals surface area (Å²) in [6.07, 6.45) is 0. The molecule has 230 valence electrons. The third kappa shape index (κ3) is 4.55. The molecule has 2 heterocycles. The Morgan fingerprint density at radius 3 is 1.80 bits per heavy atom. The van der Waals surface area contributed by atoms with Gasteiger partial charge in [0.2, 0.25) is 0 Å². The Hall–Kier alpha value is -6.16. The van der Waals surface area contributed by atoms with Crippen molar-refractivity contribution in [1.82, 2.24) is 4.57 Å². The van der Waals surface area contributed by atoms with Crippen LogP contribution in [0.15, 0.2) is 182 Å². The highest BCUT2D eigenvalue weighted by molar-refractivity contribution is 7.25. The summed E-state index contributed by atoms with van der Waals surface area (Å²) in [6.45, 7) is 0. The summed E-state index contributed by atoms with van der Waals surface area (Å²) in [5.41, 5.74) is 9.31. The van der Waals surface area contributed by atoms with Gasteiger partial charge in [0.1, 0.15) is 0 Å². The molecule has 0 saturated heterocycles. The maximum absolute atomic E-state index is 2.46. The standard InChI is InChI=1S/C46H30N2S/c1-2-13-31(14-3-1)32-16-12-17-34(27-32)47(35-25-26-46-41(29-35)40-21-8-11-24-45(40)49-46)44-30-36(28-33-15-4-5-18-37(33)44)48-42-22-9-6-19-38(42)39-20-7-10-23-43(39)48/h1-30H. The minimum absolute atomic E-state index is 1.12. The van der Waals surface area contributed by atoms with Crippen LogP contribution in [0.3, 0.4) is 0 Å². The zero-order valence-corrected chi connectivity index (χ0v) is 27.4. The average Bonchev–Trinajstić information content (AvgIpc) is 3.71. The summed E-state index contributed by atoms with van der Waals surface area (Å²) in [5.74, 6) is 0. The highest BCUT2D eigenvalue weighted by Crippen LogP contribution is 2.45. The van der Waals surface area contributed by atoms with Crippen LogP contribution < -0.4 is 4.90 Å². The monoisotopic (exact) mass is 642 g/mol. The molecule has 0 atom stereocenters. The lowest BCUT2D eigenvalue weighted by molar-refractivity contribution is 1.18. The second kappa shape index (κ2) is 11.2. The van der Waals surface area contributed by atoms with E-state index in [2.05, 4.69) is 191 Å². The van der Waals surface area contributed by atoms with Crippen LogP contribution in [0.25, 0.3) is 69.6 Å². The number of anilines is 3. The Labute approximate surface area is 288 Å². The van der Waals surface area contributed by atoms with Crippen LogP contribution in [0.1, 0.15) is 0 Å². The molecule has 49 heavy (non-hydrogen) atoms. The summed E-state index contributed by atoms with van der Waals surface area (Å²) in [6, 6.07) is 66.3. The molecule has 0 aliphatic heterocycles. The molecule has 0 bridgehead atoms. The van der Waals surface area contributed by atoms with Crippen molar-refractivity contribution in [2.75, 3.05) is 4.90 Å². The van der Waals surface area contributed by atoms with E-state index in [9.17, 15) is 0 Å². The number of nitrogens with zero attached hydrogens (tertiary/aromatic N) is 2. The lowest BCUT2D eigenvalue weighted by Crippen LogP contribution is -2.11. The second-order valence-electron chi connectivity index (χ2n) is 12.6. The minimum atomic E-state index is 1.12. The van der Waals surface area contributed by atoms with Crippen LogP contribution >= 0.6 is 11.3 Å². The van der Waals surface area contributed by atoms with Gasteiger partial charge >= 0.3 is 0 Å². The number of thiophene rings is 1. The van der Waals surface area contributed by atoms with Crippen LogP contribution in [0.5, 0.6) is 0 Å². The second-order valence-corrected chi connectivity index (χ2v) is 13.7. The molecule has 0 spiro atoms. The van der Waals surface area contributed by atoms with Crippen molar-refractivity contribution in [2.24, 2.45) is 0 Å². The van der Waals surface area contributed by atoms with E-state index in [1.807, 2.05) is 11.3 Å². The van der Waals surface area contributed by atoms with Crippen molar-refractivity contribution in [3.05, 3.63) is 182 Å². The summed E-state index contributed by atoms with van der Waals surface area (Å²) >= 11 is 1.86. The zero-order valence-electron chi connectivity index (χ0n) is 26.6. The van der Waals surface area contributed by atoms with Gasteiger partial charge in [0.05, 0.1) is 16.7 Å². The Morgan fingerprint density at radius 1 is 0.388 bits per heavy atom. The fourth-order valence-electron chi connectivity index (χ4n) is 7.53. The lowest BCUT2D eigenvalue weighted by Gasteiger charge is -2.28. The van der Waals surface area contributed by atoms with Gasteiger partial charge in [-0.25, -0.2) is 0 Å². The fourth-order valence-corrected chi connectivity index (χ4v) is 8.61. The molecule has 0 unspecified atom stereocenters. The van der Waals surface area contributed by atoms with E-state index >= 15 is 0 Å². The predicted octanol–water partition coefficient (Wildman–Crippen LogP) is 13.4. The molecule has 3 heteroatoms. The van der Waals surface area contributed by atoms with Gasteiger partial charge in [-0.2, -0.15) is 0 Å². The van der Waals surface area contributed by atoms with Crippen molar-refractivity contribution in [3.63, 3.8) is 0 Å². The Kier molecular flexibility index (Phi) is 6.39. The quantitative estimate of drug-likeness (QED) is 0.181. The number of benzene rings is 8. The van der Waals surface area contributed by atoms with Gasteiger partial charge in [-0.3, -0.25) is 0 Å². The summed E-state index contributed by atoms with van der Waals surface area (Å²) < 4.78 is 5.03. The first-order valence-electron chi connectivity index (χ1n) is 16.7. The van der Waals surface area contributed by atoms with Crippen LogP contribution in [0, 0.1) is 0 Å². The summed E-state index contributed by atoms with van der Waals surface area (Å²) in [7, 11) is 0. The van der Waals surface area contributed by atoms with E-state index in [4.69, 9.17) is 0 Å². The third-order valence-electron chi connectivity index (χ3n) is 9.73. The first kappa shape index (κ1) is 27.9. The van der Waals surface area contributed by atoms with Crippen molar-refractivity contribution in [3.8, 4) is 16.8 Å². The molecule has 8 aromatic carbocycles. The number of fused-ring (bicyclic) bond motifs is 7. The molecule has 0 aliphatic rings. The molecule has 0 N–H and O–H groups in total. The molecule has 0 aliphatic carbocycles.